The third-order valence-electron chi connectivity index (χ3n) is 2.56. The molecule has 0 aromatic heterocycles. The molecule has 0 fully saturated rings. The SMILES string of the molecule is CCCCCCCCCCCCN.NN. The highest BCUT2D eigenvalue weighted by Gasteiger charge is 1.90. The monoisotopic (exact) mass is 217 g/mol. The summed E-state index contributed by atoms with van der Waals surface area (Å²) >= 11 is 0. The Morgan fingerprint density at radius 1 is 0.600 bits per heavy atom. The van der Waals surface area contributed by atoms with Crippen LogP contribution >= 0.6 is 0 Å². The van der Waals surface area contributed by atoms with E-state index in [1.807, 2.05) is 0 Å². The lowest BCUT2D eigenvalue weighted by Crippen LogP contribution is -2.02. The molecule has 94 valence electrons. The fourth-order valence-electron chi connectivity index (χ4n) is 1.63. The average molecular weight is 217 g/mol. The highest BCUT2D eigenvalue weighted by Crippen LogP contribution is 2.09. The molecule has 15 heavy (non-hydrogen) atoms. The van der Waals surface area contributed by atoms with E-state index in [4.69, 9.17) is 5.73 Å². The highest BCUT2D eigenvalue weighted by molar-refractivity contribution is 4.47. The average Bonchev–Trinajstić information content (AvgIpc) is 2.30. The minimum absolute atomic E-state index is 0.872. The summed E-state index contributed by atoms with van der Waals surface area (Å²) in [4.78, 5) is 0. The van der Waals surface area contributed by atoms with Crippen molar-refractivity contribution in [3.05, 3.63) is 0 Å². The summed E-state index contributed by atoms with van der Waals surface area (Å²) < 4.78 is 0. The van der Waals surface area contributed by atoms with Gasteiger partial charge in [0, 0.05) is 0 Å². The molecule has 0 radical (unpaired) electrons. The molecule has 0 atom stereocenters. The third kappa shape index (κ3) is 20.1. The smallest absolute Gasteiger partial charge is 0.00773 e. The van der Waals surface area contributed by atoms with Gasteiger partial charge in [0.1, 0.15) is 0 Å². The lowest BCUT2D eigenvalue weighted by Gasteiger charge is -2.00. The van der Waals surface area contributed by atoms with Crippen molar-refractivity contribution >= 4 is 0 Å². The maximum Gasteiger partial charge on any atom is -0.00773 e. The number of hydrogen-bond donors (Lipinski definition) is 3. The van der Waals surface area contributed by atoms with Gasteiger partial charge in [0.2, 0.25) is 0 Å². The van der Waals surface area contributed by atoms with Gasteiger partial charge >= 0.3 is 0 Å². The zero-order valence-corrected chi connectivity index (χ0v) is 10.5. The summed E-state index contributed by atoms with van der Waals surface area (Å²) in [6.45, 7) is 3.14. The second-order valence-corrected chi connectivity index (χ2v) is 3.97. The second kappa shape index (κ2) is 19.5. The molecular weight excluding hydrogens is 186 g/mol. The number of hydrogen-bond acceptors (Lipinski definition) is 3. The second-order valence-electron chi connectivity index (χ2n) is 3.97. The van der Waals surface area contributed by atoms with Crippen molar-refractivity contribution in [2.75, 3.05) is 6.54 Å². The van der Waals surface area contributed by atoms with Gasteiger partial charge in [0.25, 0.3) is 0 Å². The fourth-order valence-corrected chi connectivity index (χ4v) is 1.63. The van der Waals surface area contributed by atoms with Crippen LogP contribution in [0.4, 0.5) is 0 Å². The topological polar surface area (TPSA) is 78.1 Å². The molecule has 0 aliphatic carbocycles. The first-order valence-corrected chi connectivity index (χ1v) is 6.45. The van der Waals surface area contributed by atoms with Crippen LogP contribution < -0.4 is 17.4 Å². The Hall–Kier alpha value is -0.120. The van der Waals surface area contributed by atoms with Crippen molar-refractivity contribution in [3.63, 3.8) is 0 Å². The zero-order chi connectivity index (χ0) is 11.8. The van der Waals surface area contributed by atoms with Gasteiger partial charge in [0.05, 0.1) is 0 Å². The molecule has 0 saturated carbocycles. The maximum atomic E-state index is 5.42. The van der Waals surface area contributed by atoms with Gasteiger partial charge in [0.15, 0.2) is 0 Å². The molecule has 0 aliphatic rings. The molecule has 0 bridgehead atoms. The van der Waals surface area contributed by atoms with Crippen LogP contribution in [-0.4, -0.2) is 6.54 Å². The van der Waals surface area contributed by atoms with Gasteiger partial charge in [-0.2, -0.15) is 0 Å². The maximum absolute atomic E-state index is 5.42. The molecule has 0 unspecified atom stereocenters. The Balaban J connectivity index is 0. The van der Waals surface area contributed by atoms with Crippen LogP contribution in [0.3, 0.4) is 0 Å². The standard InChI is InChI=1S/C12H27N.H4N2/c1-2-3-4-5-6-7-8-9-10-11-12-13;1-2/h2-13H2,1H3;1-2H2. The summed E-state index contributed by atoms with van der Waals surface area (Å²) in [5.74, 6) is 8.00. The molecule has 0 aromatic rings. The Labute approximate surface area is 95.7 Å². The van der Waals surface area contributed by atoms with E-state index in [2.05, 4.69) is 18.6 Å². The van der Waals surface area contributed by atoms with Crippen LogP contribution in [0.25, 0.3) is 0 Å². The number of nitrogens with two attached hydrogens (primary N) is 3. The Morgan fingerprint density at radius 3 is 1.27 bits per heavy atom. The van der Waals surface area contributed by atoms with Crippen molar-refractivity contribution in [2.24, 2.45) is 17.4 Å². The Morgan fingerprint density at radius 2 is 0.933 bits per heavy atom. The predicted molar refractivity (Wildman–Crippen MR) is 69.3 cm³/mol. The normalized spacial score (nSPS) is 9.60. The predicted octanol–water partition coefficient (Wildman–Crippen LogP) is 2.68. The van der Waals surface area contributed by atoms with Crippen molar-refractivity contribution < 1.29 is 0 Å². The molecule has 0 aromatic carbocycles. The van der Waals surface area contributed by atoms with Gasteiger partial charge in [-0.15, -0.1) is 0 Å². The van der Waals surface area contributed by atoms with Crippen LogP contribution in [-0.2, 0) is 0 Å². The van der Waals surface area contributed by atoms with E-state index in [9.17, 15) is 0 Å². The molecule has 6 N–H and O–H groups in total. The van der Waals surface area contributed by atoms with E-state index in [0.29, 0.717) is 0 Å². The molecule has 0 amide bonds. The minimum Gasteiger partial charge on any atom is -0.330 e. The Kier molecular flexibility index (Phi) is 22.4. The van der Waals surface area contributed by atoms with Crippen molar-refractivity contribution in [1.29, 1.82) is 0 Å². The van der Waals surface area contributed by atoms with Crippen LogP contribution in [0, 0.1) is 0 Å². The fraction of sp³-hybridized carbons (Fsp3) is 1.00. The largest absolute Gasteiger partial charge is 0.330 e. The molecule has 0 aliphatic heterocycles. The molecule has 0 heterocycles. The number of hydrazine groups is 1. The van der Waals surface area contributed by atoms with Gasteiger partial charge in [-0.3, -0.25) is 11.7 Å². The quantitative estimate of drug-likeness (QED) is 0.299. The Bertz CT molecular complexity index is 76.9. The van der Waals surface area contributed by atoms with Gasteiger partial charge in [-0.25, -0.2) is 0 Å². The lowest BCUT2D eigenvalue weighted by molar-refractivity contribution is 0.558. The van der Waals surface area contributed by atoms with Crippen molar-refractivity contribution in [2.45, 2.75) is 71.1 Å². The molecule has 0 saturated heterocycles. The van der Waals surface area contributed by atoms with E-state index in [0.717, 1.165) is 6.54 Å². The molecule has 0 rings (SSSR count). The van der Waals surface area contributed by atoms with E-state index in [1.54, 1.807) is 0 Å². The lowest BCUT2D eigenvalue weighted by atomic mass is 10.1. The number of rotatable bonds is 10. The van der Waals surface area contributed by atoms with Gasteiger partial charge in [-0.05, 0) is 13.0 Å². The van der Waals surface area contributed by atoms with E-state index in [1.165, 1.54) is 64.2 Å². The van der Waals surface area contributed by atoms with Crippen LogP contribution in [0.2, 0.25) is 0 Å². The van der Waals surface area contributed by atoms with Crippen LogP contribution in [0.1, 0.15) is 71.1 Å². The first kappa shape index (κ1) is 17.3. The highest BCUT2D eigenvalue weighted by atomic mass is 15.0. The first-order valence-electron chi connectivity index (χ1n) is 6.45. The summed E-state index contributed by atoms with van der Waals surface area (Å²) in [6, 6.07) is 0. The van der Waals surface area contributed by atoms with Crippen molar-refractivity contribution in [3.8, 4) is 0 Å². The summed E-state index contributed by atoms with van der Waals surface area (Å²) in [6.07, 6.45) is 13.9. The first-order chi connectivity index (χ1) is 7.41. The van der Waals surface area contributed by atoms with Gasteiger partial charge < -0.3 is 5.73 Å². The summed E-state index contributed by atoms with van der Waals surface area (Å²) in [5, 5.41) is 0. The van der Waals surface area contributed by atoms with Crippen LogP contribution in [0.5, 0.6) is 0 Å². The van der Waals surface area contributed by atoms with Gasteiger partial charge in [-0.1, -0.05) is 64.7 Å². The third-order valence-corrected chi connectivity index (χ3v) is 2.56. The van der Waals surface area contributed by atoms with E-state index in [-0.39, 0.29) is 0 Å². The molecular formula is C12H31N3. The van der Waals surface area contributed by atoms with Crippen LogP contribution in [0.15, 0.2) is 0 Å². The van der Waals surface area contributed by atoms with E-state index < -0.39 is 0 Å². The number of unbranched alkanes of at least 4 members (excludes halogenated alkanes) is 9. The van der Waals surface area contributed by atoms with Crippen molar-refractivity contribution in [1.82, 2.24) is 0 Å². The minimum atomic E-state index is 0.872. The molecule has 3 heteroatoms. The molecule has 0 spiro atoms. The summed E-state index contributed by atoms with van der Waals surface area (Å²) in [5.41, 5.74) is 5.42. The zero-order valence-electron chi connectivity index (χ0n) is 10.5. The van der Waals surface area contributed by atoms with E-state index >= 15 is 0 Å². The summed E-state index contributed by atoms with van der Waals surface area (Å²) in [7, 11) is 0. The molecule has 3 nitrogen and oxygen atoms in total.